The summed E-state index contributed by atoms with van der Waals surface area (Å²) in [6, 6.07) is 17.5. The van der Waals surface area contributed by atoms with Crippen molar-refractivity contribution < 1.29 is 14.2 Å². The first-order valence-corrected chi connectivity index (χ1v) is 8.77. The number of hydrogen-bond donors (Lipinski definition) is 1. The van der Waals surface area contributed by atoms with Crippen LogP contribution in [0, 0.1) is 0 Å². The Bertz CT molecular complexity index is 821. The maximum Gasteiger partial charge on any atom is 0.201 e. The van der Waals surface area contributed by atoms with Crippen LogP contribution in [0.1, 0.15) is 24.6 Å². The third-order valence-electron chi connectivity index (χ3n) is 4.47. The largest absolute Gasteiger partial charge is 0.457 e. The van der Waals surface area contributed by atoms with Crippen LogP contribution in [0.4, 0.5) is 0 Å². The van der Waals surface area contributed by atoms with Crippen LogP contribution < -0.4 is 4.74 Å². The number of aromatic amines is 1. The van der Waals surface area contributed by atoms with Gasteiger partial charge in [0.05, 0.1) is 31.0 Å². The van der Waals surface area contributed by atoms with Crippen LogP contribution in [-0.4, -0.2) is 28.1 Å². The molecule has 1 N–H and O–H groups in total. The fourth-order valence-corrected chi connectivity index (χ4v) is 3.06. The predicted octanol–water partition coefficient (Wildman–Crippen LogP) is 3.82. The van der Waals surface area contributed by atoms with Gasteiger partial charge in [0.25, 0.3) is 0 Å². The van der Waals surface area contributed by atoms with Crippen LogP contribution in [0.2, 0.25) is 0 Å². The van der Waals surface area contributed by atoms with Crippen LogP contribution >= 0.6 is 0 Å². The van der Waals surface area contributed by atoms with E-state index in [1.807, 2.05) is 54.6 Å². The lowest BCUT2D eigenvalue weighted by atomic mass is 10.0. The zero-order chi connectivity index (χ0) is 17.8. The van der Waals surface area contributed by atoms with E-state index in [9.17, 15) is 0 Å². The number of rotatable bonds is 6. The van der Waals surface area contributed by atoms with Crippen molar-refractivity contribution in [2.75, 3.05) is 6.61 Å². The molecule has 1 aliphatic rings. The molecule has 1 saturated heterocycles. The summed E-state index contributed by atoms with van der Waals surface area (Å²) in [5, 5.41) is 10.7. The molecule has 1 aromatic heterocycles. The number of hydrogen-bond acceptors (Lipinski definition) is 5. The minimum absolute atomic E-state index is 0.0714. The smallest absolute Gasteiger partial charge is 0.201 e. The van der Waals surface area contributed by atoms with Crippen molar-refractivity contribution in [3.8, 4) is 11.5 Å². The van der Waals surface area contributed by atoms with Crippen molar-refractivity contribution in [1.82, 2.24) is 15.4 Å². The van der Waals surface area contributed by atoms with Crippen LogP contribution in [-0.2, 0) is 21.7 Å². The van der Waals surface area contributed by atoms with Gasteiger partial charge in [0.15, 0.2) is 0 Å². The normalized spacial score (nSPS) is 22.4. The highest BCUT2D eigenvalue weighted by Gasteiger charge is 2.43. The number of aromatic nitrogens is 3. The minimum atomic E-state index is -0.844. The number of benzene rings is 2. The maximum absolute atomic E-state index is 6.27. The van der Waals surface area contributed by atoms with Gasteiger partial charge in [-0.05, 0) is 42.8 Å². The Hall–Kier alpha value is -2.70. The predicted molar refractivity (Wildman–Crippen MR) is 95.8 cm³/mol. The van der Waals surface area contributed by atoms with Crippen molar-refractivity contribution in [2.24, 2.45) is 0 Å². The van der Waals surface area contributed by atoms with E-state index in [0.717, 1.165) is 29.2 Å². The van der Waals surface area contributed by atoms with Crippen LogP contribution in [0.15, 0.2) is 60.8 Å². The van der Waals surface area contributed by atoms with Crippen molar-refractivity contribution in [3.63, 3.8) is 0 Å². The fourth-order valence-electron chi connectivity index (χ4n) is 3.06. The van der Waals surface area contributed by atoms with E-state index >= 15 is 0 Å². The van der Waals surface area contributed by atoms with Gasteiger partial charge >= 0.3 is 0 Å². The molecule has 3 aromatic rings. The molecule has 2 unspecified atom stereocenters. The van der Waals surface area contributed by atoms with Crippen LogP contribution in [0.3, 0.4) is 0 Å². The third kappa shape index (κ3) is 3.47. The first-order chi connectivity index (χ1) is 12.8. The van der Waals surface area contributed by atoms with Gasteiger partial charge in [0, 0.05) is 5.56 Å². The number of ether oxygens (including phenoxy) is 3. The summed E-state index contributed by atoms with van der Waals surface area (Å²) in [7, 11) is 0. The molecule has 1 fully saturated rings. The van der Waals surface area contributed by atoms with Crippen molar-refractivity contribution >= 4 is 0 Å². The summed E-state index contributed by atoms with van der Waals surface area (Å²) in [6.07, 6.45) is 3.16. The summed E-state index contributed by atoms with van der Waals surface area (Å²) in [5.41, 5.74) is 1.74. The molecular weight excluding hydrogens is 330 g/mol. The number of para-hydroxylation sites is 1. The lowest BCUT2D eigenvalue weighted by Gasteiger charge is -2.28. The van der Waals surface area contributed by atoms with Crippen molar-refractivity contribution in [3.05, 3.63) is 72.1 Å². The summed E-state index contributed by atoms with van der Waals surface area (Å²) in [4.78, 5) is 0. The quantitative estimate of drug-likeness (QED) is 0.731. The molecule has 134 valence electrons. The molecule has 0 spiro atoms. The Morgan fingerprint density at radius 1 is 1.12 bits per heavy atom. The molecule has 6 nitrogen and oxygen atoms in total. The Balaban J connectivity index is 1.57. The Labute approximate surface area is 152 Å². The summed E-state index contributed by atoms with van der Waals surface area (Å²) < 4.78 is 18.3. The van der Waals surface area contributed by atoms with E-state index in [1.54, 1.807) is 6.20 Å². The highest BCUT2D eigenvalue weighted by atomic mass is 16.7. The van der Waals surface area contributed by atoms with E-state index in [-0.39, 0.29) is 6.10 Å². The molecule has 2 heterocycles. The van der Waals surface area contributed by atoms with Crippen molar-refractivity contribution in [1.29, 1.82) is 0 Å². The Kier molecular flexibility index (Phi) is 4.69. The van der Waals surface area contributed by atoms with Gasteiger partial charge < -0.3 is 14.2 Å². The summed E-state index contributed by atoms with van der Waals surface area (Å²) in [5.74, 6) is 0.724. The molecule has 0 amide bonds. The van der Waals surface area contributed by atoms with Crippen LogP contribution in [0.25, 0.3) is 0 Å². The zero-order valence-corrected chi connectivity index (χ0v) is 14.6. The van der Waals surface area contributed by atoms with Gasteiger partial charge in [-0.2, -0.15) is 15.4 Å². The number of H-pyrrole nitrogens is 1. The van der Waals surface area contributed by atoms with Gasteiger partial charge in [0.2, 0.25) is 5.79 Å². The van der Waals surface area contributed by atoms with E-state index in [0.29, 0.717) is 13.0 Å². The number of nitrogens with zero attached hydrogens (tertiary/aromatic N) is 2. The molecule has 2 atom stereocenters. The minimum Gasteiger partial charge on any atom is -0.457 e. The van der Waals surface area contributed by atoms with E-state index in [1.165, 1.54) is 0 Å². The van der Waals surface area contributed by atoms with Crippen molar-refractivity contribution in [2.45, 2.75) is 31.7 Å². The SMILES string of the molecule is CCC1COC(Cc2cn[nH]n2)(c2ccc(Oc3ccccc3)cc2)O1. The first kappa shape index (κ1) is 16.8. The average Bonchev–Trinajstić information content (AvgIpc) is 3.34. The zero-order valence-electron chi connectivity index (χ0n) is 14.6. The first-order valence-electron chi connectivity index (χ1n) is 8.77. The summed E-state index contributed by atoms with van der Waals surface area (Å²) >= 11 is 0. The van der Waals surface area contributed by atoms with E-state index in [2.05, 4.69) is 22.3 Å². The molecule has 0 bridgehead atoms. The second kappa shape index (κ2) is 7.27. The molecule has 2 aromatic carbocycles. The molecule has 0 radical (unpaired) electrons. The topological polar surface area (TPSA) is 69.3 Å². The lowest BCUT2D eigenvalue weighted by Crippen LogP contribution is -2.31. The molecular formula is C20H21N3O3. The van der Waals surface area contributed by atoms with Gasteiger partial charge in [-0.15, -0.1) is 0 Å². The molecule has 0 aliphatic carbocycles. The molecule has 1 aliphatic heterocycles. The molecule has 6 heteroatoms. The molecule has 26 heavy (non-hydrogen) atoms. The fraction of sp³-hybridized carbons (Fsp3) is 0.300. The summed E-state index contributed by atoms with van der Waals surface area (Å²) in [6.45, 7) is 2.66. The second-order valence-corrected chi connectivity index (χ2v) is 6.29. The number of nitrogens with one attached hydrogen (secondary N) is 1. The Morgan fingerprint density at radius 2 is 1.88 bits per heavy atom. The molecule has 0 saturated carbocycles. The molecule has 4 rings (SSSR count). The Morgan fingerprint density at radius 3 is 2.54 bits per heavy atom. The van der Waals surface area contributed by atoms with E-state index < -0.39 is 5.79 Å². The third-order valence-corrected chi connectivity index (χ3v) is 4.47. The monoisotopic (exact) mass is 351 g/mol. The highest BCUT2D eigenvalue weighted by molar-refractivity contribution is 5.35. The van der Waals surface area contributed by atoms with Crippen LogP contribution in [0.5, 0.6) is 11.5 Å². The van der Waals surface area contributed by atoms with Gasteiger partial charge in [-0.1, -0.05) is 25.1 Å². The van der Waals surface area contributed by atoms with Gasteiger partial charge in [0.1, 0.15) is 11.5 Å². The highest BCUT2D eigenvalue weighted by Crippen LogP contribution is 2.38. The van der Waals surface area contributed by atoms with Gasteiger partial charge in [-0.25, -0.2) is 0 Å². The maximum atomic E-state index is 6.27. The lowest BCUT2D eigenvalue weighted by molar-refractivity contribution is -0.176. The standard InChI is InChI=1S/C20H21N3O3/c1-2-17-14-24-20(26-17,12-16-13-21-23-22-16)15-8-10-19(11-9-15)25-18-6-4-3-5-7-18/h3-11,13,17H,2,12,14H2,1H3,(H,21,22,23). The van der Waals surface area contributed by atoms with Gasteiger partial charge in [-0.3, -0.25) is 0 Å². The second-order valence-electron chi connectivity index (χ2n) is 6.29. The van der Waals surface area contributed by atoms with E-state index in [4.69, 9.17) is 14.2 Å². The average molecular weight is 351 g/mol.